The van der Waals surface area contributed by atoms with E-state index >= 15 is 0 Å². The Morgan fingerprint density at radius 1 is 1.43 bits per heavy atom. The van der Waals surface area contributed by atoms with Crippen LogP contribution in [0.15, 0.2) is 50.5 Å². The van der Waals surface area contributed by atoms with Gasteiger partial charge in [-0.3, -0.25) is 14.7 Å². The van der Waals surface area contributed by atoms with Crippen LogP contribution in [-0.4, -0.2) is 72.2 Å². The van der Waals surface area contributed by atoms with Crippen molar-refractivity contribution in [1.29, 1.82) is 0 Å². The Bertz CT molecular complexity index is 1160. The smallest absolute Gasteiger partial charge is 0.338 e. The summed E-state index contributed by atoms with van der Waals surface area (Å²) in [6.45, 7) is 1.93. The maximum atomic E-state index is 13.8. The SMILES string of the molecule is COC(=O)C1=C(CN2CCO[C@H](CCC(=O)O)C2)NC(c2nccs2)=NC1c1ccc(F)cc1Br. The van der Waals surface area contributed by atoms with E-state index in [2.05, 4.69) is 31.1 Å². The number of benzene rings is 1. The maximum absolute atomic E-state index is 13.8. The average Bonchev–Trinajstić information content (AvgIpc) is 3.37. The second-order valence-electron chi connectivity index (χ2n) is 8.05. The minimum Gasteiger partial charge on any atom is -0.481 e. The average molecular weight is 567 g/mol. The number of carboxylic acid groups (broad SMARTS) is 1. The van der Waals surface area contributed by atoms with Crippen molar-refractivity contribution in [2.24, 2.45) is 4.99 Å². The first-order valence-electron chi connectivity index (χ1n) is 10.9. The molecule has 1 aromatic heterocycles. The summed E-state index contributed by atoms with van der Waals surface area (Å²) in [6.07, 6.45) is 1.87. The lowest BCUT2D eigenvalue weighted by Crippen LogP contribution is -2.46. The fourth-order valence-electron chi connectivity index (χ4n) is 4.07. The minimum absolute atomic E-state index is 0.0222. The Labute approximate surface area is 213 Å². The Morgan fingerprint density at radius 3 is 2.94 bits per heavy atom. The first kappa shape index (κ1) is 25.4. The third-order valence-corrected chi connectivity index (χ3v) is 7.17. The molecule has 9 nitrogen and oxygen atoms in total. The van der Waals surface area contributed by atoms with Crippen LogP contribution in [-0.2, 0) is 19.1 Å². The highest BCUT2D eigenvalue weighted by molar-refractivity contribution is 9.10. The highest BCUT2D eigenvalue weighted by Gasteiger charge is 2.35. The summed E-state index contributed by atoms with van der Waals surface area (Å²) < 4.78 is 25.2. The molecule has 0 spiro atoms. The maximum Gasteiger partial charge on any atom is 0.338 e. The molecule has 1 saturated heterocycles. The van der Waals surface area contributed by atoms with Gasteiger partial charge >= 0.3 is 11.9 Å². The predicted molar refractivity (Wildman–Crippen MR) is 131 cm³/mol. The number of aliphatic imine (C=N–C) groups is 1. The minimum atomic E-state index is -0.868. The largest absolute Gasteiger partial charge is 0.481 e. The lowest BCUT2D eigenvalue weighted by atomic mass is 9.95. The highest BCUT2D eigenvalue weighted by Crippen LogP contribution is 2.37. The number of esters is 1. The van der Waals surface area contributed by atoms with Crippen LogP contribution in [0.4, 0.5) is 4.39 Å². The molecule has 2 aliphatic rings. The van der Waals surface area contributed by atoms with Crippen LogP contribution in [0.1, 0.15) is 29.5 Å². The molecule has 0 radical (unpaired) electrons. The molecule has 0 saturated carbocycles. The molecule has 186 valence electrons. The van der Waals surface area contributed by atoms with Gasteiger partial charge in [0.15, 0.2) is 10.8 Å². The summed E-state index contributed by atoms with van der Waals surface area (Å²) in [5.41, 5.74) is 1.52. The van der Waals surface area contributed by atoms with Crippen LogP contribution in [0.2, 0.25) is 0 Å². The van der Waals surface area contributed by atoms with Crippen molar-refractivity contribution in [2.75, 3.05) is 33.4 Å². The molecule has 3 heterocycles. The van der Waals surface area contributed by atoms with Crippen LogP contribution < -0.4 is 5.32 Å². The van der Waals surface area contributed by atoms with Crippen molar-refractivity contribution in [3.63, 3.8) is 0 Å². The number of methoxy groups -OCH3 is 1. The molecule has 2 atom stereocenters. The first-order valence-corrected chi connectivity index (χ1v) is 12.6. The molecule has 12 heteroatoms. The van der Waals surface area contributed by atoms with E-state index in [0.29, 0.717) is 64.8 Å². The molecule has 0 bridgehead atoms. The topological polar surface area (TPSA) is 113 Å². The van der Waals surface area contributed by atoms with Gasteiger partial charge in [-0.1, -0.05) is 22.0 Å². The van der Waals surface area contributed by atoms with Crippen LogP contribution in [0, 0.1) is 5.82 Å². The number of hydrogen-bond donors (Lipinski definition) is 2. The van der Waals surface area contributed by atoms with Gasteiger partial charge in [0.1, 0.15) is 11.9 Å². The zero-order valence-corrected chi connectivity index (χ0v) is 21.3. The molecular formula is C23H24BrFN4O5S. The van der Waals surface area contributed by atoms with E-state index < -0.39 is 23.8 Å². The number of carboxylic acids is 1. The Hall–Kier alpha value is -2.67. The number of amidine groups is 1. The van der Waals surface area contributed by atoms with Gasteiger partial charge in [0.25, 0.3) is 0 Å². The number of morpholine rings is 1. The number of halogens is 2. The van der Waals surface area contributed by atoms with E-state index in [9.17, 15) is 14.0 Å². The van der Waals surface area contributed by atoms with Gasteiger partial charge in [0, 0.05) is 47.8 Å². The molecule has 1 unspecified atom stereocenters. The molecule has 35 heavy (non-hydrogen) atoms. The molecular weight excluding hydrogens is 543 g/mol. The lowest BCUT2D eigenvalue weighted by Gasteiger charge is -2.35. The van der Waals surface area contributed by atoms with Crippen molar-refractivity contribution in [3.05, 3.63) is 61.9 Å². The van der Waals surface area contributed by atoms with E-state index in [-0.39, 0.29) is 12.5 Å². The standard InChI is InChI=1S/C23H24BrFN4O5S/c1-33-23(32)19-17(12-29-7-8-34-14(11-29)3-5-18(30)31)27-21(22-26-6-9-35-22)28-20(19)15-4-2-13(25)10-16(15)24/h2,4,6,9-10,14,20H,3,5,7-8,11-12H2,1H3,(H,27,28)(H,30,31)/t14-,20?/m1/s1. The highest BCUT2D eigenvalue weighted by atomic mass is 79.9. The molecule has 0 amide bonds. The van der Waals surface area contributed by atoms with E-state index in [0.717, 1.165) is 0 Å². The number of hydrogen-bond acceptors (Lipinski definition) is 9. The number of nitrogens with one attached hydrogen (secondary N) is 1. The van der Waals surface area contributed by atoms with Crippen LogP contribution in [0.25, 0.3) is 0 Å². The first-order chi connectivity index (χ1) is 16.9. The number of carbonyl (C=O) groups is 2. The molecule has 2 aromatic rings. The van der Waals surface area contributed by atoms with Crippen LogP contribution >= 0.6 is 27.3 Å². The molecule has 2 aliphatic heterocycles. The lowest BCUT2D eigenvalue weighted by molar-refractivity contribution is -0.138. The second kappa shape index (κ2) is 11.4. The summed E-state index contributed by atoms with van der Waals surface area (Å²) in [7, 11) is 1.31. The van der Waals surface area contributed by atoms with Crippen molar-refractivity contribution in [2.45, 2.75) is 25.0 Å². The van der Waals surface area contributed by atoms with Gasteiger partial charge < -0.3 is 19.9 Å². The monoisotopic (exact) mass is 566 g/mol. The van der Waals surface area contributed by atoms with E-state index in [1.54, 1.807) is 12.3 Å². The number of carbonyl (C=O) groups excluding carboxylic acids is 1. The van der Waals surface area contributed by atoms with Crippen LogP contribution in [0.3, 0.4) is 0 Å². The summed E-state index contributed by atoms with van der Waals surface area (Å²) >= 11 is 4.82. The van der Waals surface area contributed by atoms with Crippen molar-refractivity contribution in [3.8, 4) is 0 Å². The molecule has 2 N–H and O–H groups in total. The van der Waals surface area contributed by atoms with E-state index in [4.69, 9.17) is 19.6 Å². The normalized spacial score (nSPS) is 20.8. The number of aromatic nitrogens is 1. The van der Waals surface area contributed by atoms with Gasteiger partial charge in [-0.25, -0.2) is 14.2 Å². The van der Waals surface area contributed by atoms with E-state index in [1.807, 2.05) is 5.38 Å². The third kappa shape index (κ3) is 6.13. The van der Waals surface area contributed by atoms with Crippen molar-refractivity contribution < 1.29 is 28.6 Å². The van der Waals surface area contributed by atoms with E-state index in [1.165, 1.54) is 30.6 Å². The number of ether oxygens (including phenoxy) is 2. The Balaban J connectivity index is 1.70. The zero-order valence-electron chi connectivity index (χ0n) is 18.9. The van der Waals surface area contributed by atoms with Gasteiger partial charge in [-0.05, 0) is 24.1 Å². The van der Waals surface area contributed by atoms with Gasteiger partial charge in [-0.15, -0.1) is 11.3 Å². The van der Waals surface area contributed by atoms with Gasteiger partial charge in [0.2, 0.25) is 0 Å². The van der Waals surface area contributed by atoms with Crippen molar-refractivity contribution in [1.82, 2.24) is 15.2 Å². The van der Waals surface area contributed by atoms with Crippen LogP contribution in [0.5, 0.6) is 0 Å². The summed E-state index contributed by atoms with van der Waals surface area (Å²) in [5, 5.41) is 14.8. The summed E-state index contributed by atoms with van der Waals surface area (Å²) in [6, 6.07) is 3.50. The fraction of sp³-hybridized carbons (Fsp3) is 0.391. The zero-order chi connectivity index (χ0) is 24.9. The Kier molecular flexibility index (Phi) is 8.26. The molecule has 1 fully saturated rings. The predicted octanol–water partition coefficient (Wildman–Crippen LogP) is 3.13. The number of aliphatic carboxylic acids is 1. The molecule has 0 aliphatic carbocycles. The van der Waals surface area contributed by atoms with Crippen molar-refractivity contribution >= 4 is 45.0 Å². The molecule has 1 aromatic carbocycles. The molecule has 4 rings (SSSR count). The number of thiazole rings is 1. The van der Waals surface area contributed by atoms with Gasteiger partial charge in [-0.2, -0.15) is 0 Å². The fourth-order valence-corrected chi connectivity index (χ4v) is 5.23. The third-order valence-electron chi connectivity index (χ3n) is 5.71. The number of rotatable bonds is 8. The Morgan fingerprint density at radius 2 is 2.26 bits per heavy atom. The second-order valence-corrected chi connectivity index (χ2v) is 9.80. The summed E-state index contributed by atoms with van der Waals surface area (Å²) in [5.74, 6) is -1.33. The quantitative estimate of drug-likeness (QED) is 0.468. The number of nitrogens with zero attached hydrogens (tertiary/aromatic N) is 3. The summed E-state index contributed by atoms with van der Waals surface area (Å²) in [4.78, 5) is 35.2. The van der Waals surface area contributed by atoms with Gasteiger partial charge in [0.05, 0.1) is 25.4 Å².